The molecule has 1 N–H and O–H groups in total. The summed E-state index contributed by atoms with van der Waals surface area (Å²) in [5, 5.41) is 19.0. The highest BCUT2D eigenvalue weighted by atomic mass is 32.2. The van der Waals surface area contributed by atoms with Crippen molar-refractivity contribution >= 4 is 15.7 Å². The van der Waals surface area contributed by atoms with Gasteiger partial charge in [-0.05, 0) is 13.0 Å². The zero-order valence-electron chi connectivity index (χ0n) is 9.12. The lowest BCUT2D eigenvalue weighted by Crippen LogP contribution is -2.32. The summed E-state index contributed by atoms with van der Waals surface area (Å²) in [7, 11) is -4.31. The fraction of sp³-hybridized carbons (Fsp3) is 0.222. The largest absolute Gasteiger partial charge is 0.270 e. The summed E-state index contributed by atoms with van der Waals surface area (Å²) >= 11 is 0. The minimum atomic E-state index is -4.31. The maximum atomic E-state index is 13.4. The van der Waals surface area contributed by atoms with Gasteiger partial charge in [0.1, 0.15) is 16.8 Å². The number of nitriles is 1. The molecule has 0 spiro atoms. The van der Waals surface area contributed by atoms with Gasteiger partial charge >= 0.3 is 0 Å². The summed E-state index contributed by atoms with van der Waals surface area (Å²) in [6.07, 6.45) is 0. The summed E-state index contributed by atoms with van der Waals surface area (Å²) in [6.45, 7) is 1.26. The van der Waals surface area contributed by atoms with Crippen LogP contribution in [0.15, 0.2) is 23.1 Å². The number of hydrogen-bond donors (Lipinski definition) is 1. The molecule has 0 heterocycles. The highest BCUT2D eigenvalue weighted by Crippen LogP contribution is 2.21. The topological polar surface area (TPSA) is 113 Å². The Morgan fingerprint density at radius 1 is 1.56 bits per heavy atom. The van der Waals surface area contributed by atoms with Crippen LogP contribution < -0.4 is 4.72 Å². The number of halogens is 1. The Morgan fingerprint density at radius 2 is 2.17 bits per heavy atom. The number of nitrogens with zero attached hydrogens (tertiary/aromatic N) is 2. The van der Waals surface area contributed by atoms with Crippen molar-refractivity contribution in [2.24, 2.45) is 0 Å². The Hall–Kier alpha value is -2.05. The number of nitrogens with one attached hydrogen (secondary N) is 1. The van der Waals surface area contributed by atoms with Gasteiger partial charge in [-0.15, -0.1) is 0 Å². The number of non-ortho nitro benzene ring substituents is 1. The molecule has 1 unspecified atom stereocenters. The number of benzene rings is 1. The van der Waals surface area contributed by atoms with E-state index in [4.69, 9.17) is 5.26 Å². The van der Waals surface area contributed by atoms with Crippen molar-refractivity contribution in [3.05, 3.63) is 34.1 Å². The number of nitro benzene ring substituents is 1. The molecular formula is C9H8FN3O4S. The minimum absolute atomic E-state index is 0.554. The zero-order chi connectivity index (χ0) is 13.9. The molecular weight excluding hydrogens is 265 g/mol. The summed E-state index contributed by atoms with van der Waals surface area (Å²) in [5.74, 6) is -1.13. The fourth-order valence-corrected chi connectivity index (χ4v) is 2.38. The standard InChI is InChI=1S/C9H8FN3O4S/c1-6(5-11)12-18(16,17)9-4-7(13(14)15)2-3-8(9)10/h2-4,6,12H,1H3. The number of nitro groups is 1. The Kier molecular flexibility index (Phi) is 3.95. The van der Waals surface area contributed by atoms with E-state index in [9.17, 15) is 22.9 Å². The van der Waals surface area contributed by atoms with Crippen LogP contribution in [0.3, 0.4) is 0 Å². The molecule has 1 atom stereocenters. The van der Waals surface area contributed by atoms with Crippen LogP contribution in [0.5, 0.6) is 0 Å². The molecule has 9 heteroatoms. The van der Waals surface area contributed by atoms with Crippen LogP contribution in [0.2, 0.25) is 0 Å². The van der Waals surface area contributed by atoms with E-state index in [0.717, 1.165) is 6.07 Å². The molecule has 1 rings (SSSR count). The van der Waals surface area contributed by atoms with Gasteiger partial charge in [0.05, 0.1) is 11.0 Å². The van der Waals surface area contributed by atoms with Crippen molar-refractivity contribution in [3.63, 3.8) is 0 Å². The first-order chi connectivity index (χ1) is 8.27. The number of sulfonamides is 1. The smallest absolute Gasteiger partial charge is 0.258 e. The van der Waals surface area contributed by atoms with Crippen LogP contribution >= 0.6 is 0 Å². The van der Waals surface area contributed by atoms with E-state index >= 15 is 0 Å². The third kappa shape index (κ3) is 2.99. The lowest BCUT2D eigenvalue weighted by Gasteiger charge is -2.08. The zero-order valence-corrected chi connectivity index (χ0v) is 9.94. The van der Waals surface area contributed by atoms with Crippen molar-refractivity contribution in [1.82, 2.24) is 4.72 Å². The predicted molar refractivity (Wildman–Crippen MR) is 58.5 cm³/mol. The normalized spacial score (nSPS) is 12.7. The lowest BCUT2D eigenvalue weighted by molar-refractivity contribution is -0.385. The van der Waals surface area contributed by atoms with E-state index < -0.39 is 37.4 Å². The molecule has 0 bridgehead atoms. The van der Waals surface area contributed by atoms with Gasteiger partial charge in [0, 0.05) is 12.1 Å². The predicted octanol–water partition coefficient (Wildman–Crippen LogP) is 0.924. The average molecular weight is 273 g/mol. The van der Waals surface area contributed by atoms with Crippen LogP contribution in [0.25, 0.3) is 0 Å². The maximum Gasteiger partial charge on any atom is 0.270 e. The van der Waals surface area contributed by atoms with Crippen molar-refractivity contribution in [1.29, 1.82) is 5.26 Å². The number of rotatable bonds is 4. The molecule has 7 nitrogen and oxygen atoms in total. The Bertz CT molecular complexity index is 623. The second-order valence-corrected chi connectivity index (χ2v) is 5.03. The second kappa shape index (κ2) is 5.07. The molecule has 1 aromatic carbocycles. The number of hydrogen-bond acceptors (Lipinski definition) is 5. The van der Waals surface area contributed by atoms with Crippen LogP contribution in [0, 0.1) is 27.3 Å². The highest BCUT2D eigenvalue weighted by Gasteiger charge is 2.24. The van der Waals surface area contributed by atoms with Crippen LogP contribution in [-0.4, -0.2) is 19.4 Å². The average Bonchev–Trinajstić information content (AvgIpc) is 2.28. The van der Waals surface area contributed by atoms with Crippen molar-refractivity contribution < 1.29 is 17.7 Å². The molecule has 0 amide bonds. The van der Waals surface area contributed by atoms with Gasteiger partial charge < -0.3 is 0 Å². The van der Waals surface area contributed by atoms with E-state index in [1.807, 2.05) is 4.72 Å². The monoisotopic (exact) mass is 273 g/mol. The summed E-state index contributed by atoms with van der Waals surface area (Å²) in [6, 6.07) is 2.66. The van der Waals surface area contributed by atoms with Gasteiger partial charge in [0.25, 0.3) is 5.69 Å². The Morgan fingerprint density at radius 3 is 2.67 bits per heavy atom. The molecule has 0 aliphatic carbocycles. The molecule has 0 aliphatic rings. The first-order valence-electron chi connectivity index (χ1n) is 4.64. The van der Waals surface area contributed by atoms with Crippen LogP contribution in [0.1, 0.15) is 6.92 Å². The van der Waals surface area contributed by atoms with Gasteiger partial charge in [0.2, 0.25) is 10.0 Å². The quantitative estimate of drug-likeness (QED) is 0.647. The fourth-order valence-electron chi connectivity index (χ4n) is 1.13. The second-order valence-electron chi connectivity index (χ2n) is 3.34. The SMILES string of the molecule is CC(C#N)NS(=O)(=O)c1cc([N+](=O)[O-])ccc1F. The third-order valence-electron chi connectivity index (χ3n) is 1.94. The molecule has 0 radical (unpaired) electrons. The van der Waals surface area contributed by atoms with Crippen molar-refractivity contribution in [2.45, 2.75) is 17.9 Å². The van der Waals surface area contributed by atoms with Gasteiger partial charge in [-0.1, -0.05) is 0 Å². The van der Waals surface area contributed by atoms with Gasteiger partial charge in [0.15, 0.2) is 0 Å². The van der Waals surface area contributed by atoms with Crippen LogP contribution in [0.4, 0.5) is 10.1 Å². The molecule has 0 aliphatic heterocycles. The molecule has 0 saturated heterocycles. The van der Waals surface area contributed by atoms with Crippen molar-refractivity contribution in [3.8, 4) is 6.07 Å². The van der Waals surface area contributed by atoms with Gasteiger partial charge in [-0.2, -0.15) is 9.98 Å². The minimum Gasteiger partial charge on any atom is -0.258 e. The maximum absolute atomic E-state index is 13.4. The summed E-state index contributed by atoms with van der Waals surface area (Å²) in [4.78, 5) is 8.78. The lowest BCUT2D eigenvalue weighted by atomic mass is 10.3. The van der Waals surface area contributed by atoms with E-state index in [1.165, 1.54) is 6.92 Å². The molecule has 96 valence electrons. The molecule has 0 saturated carbocycles. The molecule has 0 fully saturated rings. The van der Waals surface area contributed by atoms with E-state index in [1.54, 1.807) is 6.07 Å². The summed E-state index contributed by atoms with van der Waals surface area (Å²) < 4.78 is 38.6. The van der Waals surface area contributed by atoms with Gasteiger partial charge in [-0.25, -0.2) is 12.8 Å². The highest BCUT2D eigenvalue weighted by molar-refractivity contribution is 7.89. The first kappa shape index (κ1) is 14.0. The van der Waals surface area contributed by atoms with Gasteiger partial charge in [-0.3, -0.25) is 10.1 Å². The molecule has 1 aromatic rings. The molecule has 0 aromatic heterocycles. The molecule has 18 heavy (non-hydrogen) atoms. The van der Waals surface area contributed by atoms with E-state index in [2.05, 4.69) is 0 Å². The van der Waals surface area contributed by atoms with E-state index in [-0.39, 0.29) is 0 Å². The van der Waals surface area contributed by atoms with E-state index in [0.29, 0.717) is 12.1 Å². The Labute approximate surface area is 102 Å². The van der Waals surface area contributed by atoms with Crippen molar-refractivity contribution in [2.75, 3.05) is 0 Å². The first-order valence-corrected chi connectivity index (χ1v) is 6.12. The third-order valence-corrected chi connectivity index (χ3v) is 3.50. The Balaban J connectivity index is 3.28. The summed E-state index contributed by atoms with van der Waals surface area (Å²) in [5.41, 5.74) is -0.554. The van der Waals surface area contributed by atoms with Crippen LogP contribution in [-0.2, 0) is 10.0 Å².